The van der Waals surface area contributed by atoms with Crippen LogP contribution in [0, 0.1) is 0 Å². The Labute approximate surface area is 84.2 Å². The number of aromatic nitrogens is 3. The molecule has 74 valence electrons. The van der Waals surface area contributed by atoms with Gasteiger partial charge in [0.1, 0.15) is 0 Å². The fourth-order valence-electron chi connectivity index (χ4n) is 1.00. The van der Waals surface area contributed by atoms with Crippen LogP contribution in [0.15, 0.2) is 42.7 Å². The first-order valence-corrected chi connectivity index (χ1v) is 4.65. The predicted octanol–water partition coefficient (Wildman–Crippen LogP) is 2.61. The van der Waals surface area contributed by atoms with Gasteiger partial charge in [-0.15, -0.1) is 0 Å². The molecule has 3 nitrogen and oxygen atoms in total. The van der Waals surface area contributed by atoms with Crippen molar-refractivity contribution in [2.75, 3.05) is 0 Å². The number of nitrogens with one attached hydrogen (secondary N) is 1. The molecule has 0 radical (unpaired) electrons. The summed E-state index contributed by atoms with van der Waals surface area (Å²) in [5, 5.41) is 9.33. The van der Waals surface area contributed by atoms with E-state index in [2.05, 4.69) is 53.5 Å². The van der Waals surface area contributed by atoms with Crippen LogP contribution in [0.2, 0.25) is 0 Å². The van der Waals surface area contributed by atoms with Gasteiger partial charge in [-0.2, -0.15) is 15.4 Å². The lowest BCUT2D eigenvalue weighted by atomic mass is 10.0. The zero-order valence-electron chi connectivity index (χ0n) is 8.51. The Morgan fingerprint density at radius 1 is 1.00 bits per heavy atom. The second kappa shape index (κ2) is 5.91. The standard InChI is InChI=1S/C9H12.C2H3N3/c1-8(2)9-6-4-3-5-7-9;1-2-4-5-3-1/h3-8H,1-2H3;1-2H,(H,3,4,5). The topological polar surface area (TPSA) is 41.6 Å². The number of nitrogens with zero attached hydrogens (tertiary/aromatic N) is 2. The summed E-state index contributed by atoms with van der Waals surface area (Å²) in [6.07, 6.45) is 3.17. The molecule has 2 rings (SSSR count). The van der Waals surface area contributed by atoms with Crippen LogP contribution in [0.3, 0.4) is 0 Å². The number of H-pyrrole nitrogens is 1. The molecule has 0 fully saturated rings. The van der Waals surface area contributed by atoms with E-state index in [1.165, 1.54) is 5.56 Å². The summed E-state index contributed by atoms with van der Waals surface area (Å²) in [6.45, 7) is 4.41. The van der Waals surface area contributed by atoms with Crippen molar-refractivity contribution in [3.63, 3.8) is 0 Å². The highest BCUT2D eigenvalue weighted by Gasteiger charge is 1.93. The number of hydrogen-bond acceptors (Lipinski definition) is 2. The minimum Gasteiger partial charge on any atom is -0.198 e. The highest BCUT2D eigenvalue weighted by atomic mass is 15.3. The molecule has 1 aromatic heterocycles. The first-order chi connectivity index (χ1) is 6.80. The number of aromatic amines is 1. The van der Waals surface area contributed by atoms with Crippen LogP contribution in [0.5, 0.6) is 0 Å². The molecule has 0 amide bonds. The predicted molar refractivity (Wildman–Crippen MR) is 56.9 cm³/mol. The molecule has 0 spiro atoms. The monoisotopic (exact) mass is 189 g/mol. The molecular formula is C11H15N3. The SMILES string of the molecule is CC(C)c1ccccc1.c1cn[nH]n1. The molecule has 1 aromatic carbocycles. The van der Waals surface area contributed by atoms with Gasteiger partial charge in [-0.25, -0.2) is 0 Å². The molecule has 1 N–H and O–H groups in total. The largest absolute Gasteiger partial charge is 0.198 e. The van der Waals surface area contributed by atoms with Crippen LogP contribution < -0.4 is 0 Å². The van der Waals surface area contributed by atoms with E-state index in [1.807, 2.05) is 6.07 Å². The van der Waals surface area contributed by atoms with Gasteiger partial charge in [0.15, 0.2) is 0 Å². The zero-order valence-corrected chi connectivity index (χ0v) is 8.51. The molecule has 0 saturated carbocycles. The van der Waals surface area contributed by atoms with E-state index in [9.17, 15) is 0 Å². The quantitative estimate of drug-likeness (QED) is 0.749. The first kappa shape index (κ1) is 10.4. The van der Waals surface area contributed by atoms with E-state index < -0.39 is 0 Å². The third kappa shape index (κ3) is 3.85. The van der Waals surface area contributed by atoms with Gasteiger partial charge in [0.25, 0.3) is 0 Å². The molecule has 0 atom stereocenters. The summed E-state index contributed by atoms with van der Waals surface area (Å²) in [5.41, 5.74) is 1.41. The van der Waals surface area contributed by atoms with Crippen LogP contribution in [0.1, 0.15) is 25.3 Å². The van der Waals surface area contributed by atoms with Crippen LogP contribution in [0.4, 0.5) is 0 Å². The van der Waals surface area contributed by atoms with Gasteiger partial charge in [-0.05, 0) is 11.5 Å². The molecule has 0 aliphatic carbocycles. The Morgan fingerprint density at radius 2 is 1.57 bits per heavy atom. The molecule has 3 heteroatoms. The van der Waals surface area contributed by atoms with Gasteiger partial charge in [-0.3, -0.25) is 0 Å². The van der Waals surface area contributed by atoms with Crippen LogP contribution in [-0.4, -0.2) is 15.4 Å². The van der Waals surface area contributed by atoms with Gasteiger partial charge in [0.05, 0.1) is 12.4 Å². The van der Waals surface area contributed by atoms with Crippen LogP contribution >= 0.6 is 0 Å². The molecule has 0 aliphatic rings. The van der Waals surface area contributed by atoms with Crippen molar-refractivity contribution in [1.82, 2.24) is 15.4 Å². The van der Waals surface area contributed by atoms with Crippen molar-refractivity contribution >= 4 is 0 Å². The van der Waals surface area contributed by atoms with E-state index in [0.717, 1.165) is 0 Å². The van der Waals surface area contributed by atoms with Crippen molar-refractivity contribution in [3.05, 3.63) is 48.3 Å². The van der Waals surface area contributed by atoms with E-state index in [4.69, 9.17) is 0 Å². The Hall–Kier alpha value is -1.64. The smallest absolute Gasteiger partial charge is 0.0690 e. The first-order valence-electron chi connectivity index (χ1n) is 4.65. The van der Waals surface area contributed by atoms with E-state index in [0.29, 0.717) is 5.92 Å². The molecule has 0 bridgehead atoms. The minimum atomic E-state index is 0.659. The molecular weight excluding hydrogens is 174 g/mol. The average molecular weight is 189 g/mol. The third-order valence-corrected chi connectivity index (χ3v) is 1.80. The lowest BCUT2D eigenvalue weighted by molar-refractivity contribution is 0.867. The highest BCUT2D eigenvalue weighted by molar-refractivity contribution is 5.17. The Bertz CT molecular complexity index is 296. The van der Waals surface area contributed by atoms with Crippen molar-refractivity contribution in [3.8, 4) is 0 Å². The second-order valence-corrected chi connectivity index (χ2v) is 3.22. The number of benzene rings is 1. The lowest BCUT2D eigenvalue weighted by Gasteiger charge is -2.01. The Morgan fingerprint density at radius 3 is 1.86 bits per heavy atom. The van der Waals surface area contributed by atoms with E-state index in [-0.39, 0.29) is 0 Å². The fraction of sp³-hybridized carbons (Fsp3) is 0.273. The molecule has 1 heterocycles. The summed E-state index contributed by atoms with van der Waals surface area (Å²) in [5.74, 6) is 0.659. The van der Waals surface area contributed by atoms with Crippen LogP contribution in [0.25, 0.3) is 0 Å². The summed E-state index contributed by atoms with van der Waals surface area (Å²) in [4.78, 5) is 0. The fourth-order valence-corrected chi connectivity index (χ4v) is 1.00. The van der Waals surface area contributed by atoms with Gasteiger partial charge < -0.3 is 0 Å². The lowest BCUT2D eigenvalue weighted by Crippen LogP contribution is -1.83. The number of hydrogen-bond donors (Lipinski definition) is 1. The third-order valence-electron chi connectivity index (χ3n) is 1.80. The summed E-state index contributed by atoms with van der Waals surface area (Å²) in [6, 6.07) is 10.5. The van der Waals surface area contributed by atoms with Gasteiger partial charge in [0.2, 0.25) is 0 Å². The van der Waals surface area contributed by atoms with Gasteiger partial charge in [-0.1, -0.05) is 44.2 Å². The van der Waals surface area contributed by atoms with Crippen molar-refractivity contribution in [1.29, 1.82) is 0 Å². The second-order valence-electron chi connectivity index (χ2n) is 3.22. The molecule has 0 aliphatic heterocycles. The normalized spacial score (nSPS) is 9.36. The maximum Gasteiger partial charge on any atom is 0.0690 e. The minimum absolute atomic E-state index is 0.659. The molecule has 0 saturated heterocycles. The van der Waals surface area contributed by atoms with E-state index >= 15 is 0 Å². The van der Waals surface area contributed by atoms with Gasteiger partial charge >= 0.3 is 0 Å². The molecule has 14 heavy (non-hydrogen) atoms. The maximum absolute atomic E-state index is 3.49. The van der Waals surface area contributed by atoms with Crippen molar-refractivity contribution < 1.29 is 0 Å². The zero-order chi connectivity index (χ0) is 10.2. The summed E-state index contributed by atoms with van der Waals surface area (Å²) in [7, 11) is 0. The maximum atomic E-state index is 3.49. The Balaban J connectivity index is 0.000000165. The average Bonchev–Trinajstić information content (AvgIpc) is 2.77. The summed E-state index contributed by atoms with van der Waals surface area (Å²) < 4.78 is 0. The Kier molecular flexibility index (Phi) is 4.41. The van der Waals surface area contributed by atoms with Crippen molar-refractivity contribution in [2.45, 2.75) is 19.8 Å². The highest BCUT2D eigenvalue weighted by Crippen LogP contribution is 2.11. The molecule has 2 aromatic rings. The van der Waals surface area contributed by atoms with Crippen molar-refractivity contribution in [2.24, 2.45) is 0 Å². The summed E-state index contributed by atoms with van der Waals surface area (Å²) >= 11 is 0. The molecule has 0 unspecified atom stereocenters. The van der Waals surface area contributed by atoms with Gasteiger partial charge in [0, 0.05) is 0 Å². The number of rotatable bonds is 1. The van der Waals surface area contributed by atoms with Crippen LogP contribution in [-0.2, 0) is 0 Å². The van der Waals surface area contributed by atoms with E-state index in [1.54, 1.807) is 12.4 Å².